The van der Waals surface area contributed by atoms with E-state index in [0.717, 1.165) is 5.69 Å². The van der Waals surface area contributed by atoms with Gasteiger partial charge in [-0.05, 0) is 12.1 Å². The molecule has 1 aromatic carbocycles. The van der Waals surface area contributed by atoms with Crippen LogP contribution in [0.1, 0.15) is 0 Å². The Morgan fingerprint density at radius 1 is 1.30 bits per heavy atom. The zero-order valence-corrected chi connectivity index (χ0v) is 6.10. The van der Waals surface area contributed by atoms with Crippen LogP contribution in [0.3, 0.4) is 0 Å². The summed E-state index contributed by atoms with van der Waals surface area (Å²) in [5.41, 5.74) is 0.813. The lowest BCUT2D eigenvalue weighted by Crippen LogP contribution is -3.01. The Hall–Kier alpha value is -0.800. The quantitative estimate of drug-likeness (QED) is 0.470. The number of rotatable bonds is 2. The Balaban J connectivity index is 2.84. The second-order valence-electron chi connectivity index (χ2n) is 1.85. The van der Waals surface area contributed by atoms with Crippen LogP contribution in [0.2, 0.25) is 0 Å². The van der Waals surface area contributed by atoms with Crippen LogP contribution < -0.4 is 4.31 Å². The molecule has 0 radical (unpaired) electrons. The van der Waals surface area contributed by atoms with Crippen LogP contribution in [0.15, 0.2) is 30.3 Å². The van der Waals surface area contributed by atoms with Crippen LogP contribution in [0.4, 0.5) is 5.69 Å². The van der Waals surface area contributed by atoms with E-state index in [-0.39, 0.29) is 0 Å². The van der Waals surface area contributed by atoms with E-state index in [1.54, 1.807) is 0 Å². The molecule has 0 fully saturated rings. The van der Waals surface area contributed by atoms with Gasteiger partial charge in [0, 0.05) is 0 Å². The van der Waals surface area contributed by atoms with Gasteiger partial charge in [0.15, 0.2) is 0 Å². The number of amides is 1. The molecule has 0 aliphatic carbocycles. The van der Waals surface area contributed by atoms with Gasteiger partial charge in [-0.1, -0.05) is 18.2 Å². The number of quaternary nitrogens is 1. The molecule has 0 bridgehead atoms. The Labute approximate surface area is 65.0 Å². The van der Waals surface area contributed by atoms with Crippen LogP contribution >= 0.6 is 0 Å². The number of hydrogen-bond donors (Lipinski definition) is 1. The molecular weight excluding hydrogens is 146 g/mol. The normalized spacial score (nSPS) is 12.5. The number of nitrogens with one attached hydrogen (secondary N) is 1. The van der Waals surface area contributed by atoms with Gasteiger partial charge in [0.05, 0.1) is 0 Å². The largest absolute Gasteiger partial charge is 0.481 e. The summed E-state index contributed by atoms with van der Waals surface area (Å²) >= 11 is 4.75. The minimum Gasteiger partial charge on any atom is -0.481 e. The van der Waals surface area contributed by atoms with Crippen molar-refractivity contribution in [2.45, 2.75) is 0 Å². The van der Waals surface area contributed by atoms with Crippen molar-refractivity contribution in [1.29, 1.82) is 0 Å². The molecular formula is C7H7NOS. The van der Waals surface area contributed by atoms with E-state index in [1.165, 1.54) is 0 Å². The lowest BCUT2D eigenvalue weighted by Gasteiger charge is -2.12. The van der Waals surface area contributed by atoms with Crippen molar-refractivity contribution in [3.63, 3.8) is 0 Å². The van der Waals surface area contributed by atoms with Crippen molar-refractivity contribution in [1.82, 2.24) is 0 Å². The summed E-state index contributed by atoms with van der Waals surface area (Å²) in [6, 6.07) is 9.22. The third-order valence-corrected chi connectivity index (χ3v) is 1.50. The topological polar surface area (TPSA) is 21.5 Å². The number of carbonyl (C=O) groups is 1. The fourth-order valence-corrected chi connectivity index (χ4v) is 0.807. The molecule has 0 saturated carbocycles. The van der Waals surface area contributed by atoms with Gasteiger partial charge in [-0.3, -0.25) is 0 Å². The molecule has 1 N–H and O–H groups in total. The highest BCUT2D eigenvalue weighted by molar-refractivity contribution is 7.51. The van der Waals surface area contributed by atoms with Gasteiger partial charge in [0.25, 0.3) is 6.41 Å². The Kier molecular flexibility index (Phi) is 2.48. The maximum Gasteiger partial charge on any atom is 0.287 e. The van der Waals surface area contributed by atoms with Gasteiger partial charge in [0.2, 0.25) is 0 Å². The molecule has 0 aromatic heterocycles. The van der Waals surface area contributed by atoms with Crippen molar-refractivity contribution in [3.05, 3.63) is 30.3 Å². The second-order valence-corrected chi connectivity index (χ2v) is 2.29. The van der Waals surface area contributed by atoms with Gasteiger partial charge < -0.3 is 17.1 Å². The van der Waals surface area contributed by atoms with Crippen LogP contribution in [0.25, 0.3) is 0 Å². The van der Waals surface area contributed by atoms with Crippen molar-refractivity contribution in [2.75, 3.05) is 0 Å². The molecule has 0 heterocycles. The molecule has 1 aromatic rings. The molecule has 0 saturated heterocycles. The van der Waals surface area contributed by atoms with Crippen molar-refractivity contribution < 1.29 is 9.10 Å². The molecule has 1 rings (SSSR count). The van der Waals surface area contributed by atoms with Crippen LogP contribution in [-0.2, 0) is 17.6 Å². The maximum absolute atomic E-state index is 10.2. The van der Waals surface area contributed by atoms with E-state index in [2.05, 4.69) is 0 Å². The first-order chi connectivity index (χ1) is 4.84. The standard InChI is InChI=1S/C7H7NOS/c9-6-8(10)7-4-2-1-3-5-7/h1-6,8H. The highest BCUT2D eigenvalue weighted by Crippen LogP contribution is 1.96. The second kappa shape index (κ2) is 3.39. The third-order valence-electron chi connectivity index (χ3n) is 1.17. The zero-order chi connectivity index (χ0) is 7.40. The summed E-state index contributed by atoms with van der Waals surface area (Å²) in [6.45, 7) is 0. The molecule has 0 aliphatic rings. The molecule has 0 spiro atoms. The Morgan fingerprint density at radius 2 is 1.90 bits per heavy atom. The maximum atomic E-state index is 10.2. The summed E-state index contributed by atoms with van der Waals surface area (Å²) in [7, 11) is 0. The molecule has 52 valence electrons. The number of hydrogen-bond acceptors (Lipinski definition) is 2. The van der Waals surface area contributed by atoms with Gasteiger partial charge >= 0.3 is 0 Å². The average Bonchev–Trinajstić information content (AvgIpc) is 2.05. The van der Waals surface area contributed by atoms with Gasteiger partial charge in [-0.15, -0.1) is 0 Å². The highest BCUT2D eigenvalue weighted by atomic mass is 32.1. The summed E-state index contributed by atoms with van der Waals surface area (Å²) in [5.74, 6) is 0. The van der Waals surface area contributed by atoms with E-state index >= 15 is 0 Å². The lowest BCUT2D eigenvalue weighted by molar-refractivity contribution is -0.571. The Bertz CT molecular complexity index is 212. The molecule has 10 heavy (non-hydrogen) atoms. The average molecular weight is 153 g/mol. The predicted molar refractivity (Wildman–Crippen MR) is 40.5 cm³/mol. The van der Waals surface area contributed by atoms with E-state index in [1.807, 2.05) is 30.3 Å². The lowest BCUT2D eigenvalue weighted by atomic mass is 10.3. The molecule has 0 aliphatic heterocycles. The fourth-order valence-electron chi connectivity index (χ4n) is 0.670. The number of benzene rings is 1. The summed E-state index contributed by atoms with van der Waals surface area (Å²) < 4.78 is 0.362. The van der Waals surface area contributed by atoms with E-state index in [4.69, 9.17) is 12.8 Å². The molecule has 1 atom stereocenters. The minimum absolute atomic E-state index is 0.362. The van der Waals surface area contributed by atoms with Crippen LogP contribution in [-0.4, -0.2) is 6.41 Å². The minimum atomic E-state index is 0.362. The first-order valence-corrected chi connectivity index (χ1v) is 3.30. The number of para-hydroxylation sites is 1. The smallest absolute Gasteiger partial charge is 0.287 e. The number of carbonyl (C=O) groups excluding carboxylic acids is 1. The van der Waals surface area contributed by atoms with E-state index in [0.29, 0.717) is 10.7 Å². The van der Waals surface area contributed by atoms with E-state index < -0.39 is 0 Å². The van der Waals surface area contributed by atoms with Crippen molar-refractivity contribution in [2.24, 2.45) is 0 Å². The summed E-state index contributed by atoms with van der Waals surface area (Å²) in [6.07, 6.45) is 0.685. The van der Waals surface area contributed by atoms with Crippen LogP contribution in [0.5, 0.6) is 0 Å². The highest BCUT2D eigenvalue weighted by Gasteiger charge is 1.93. The fraction of sp³-hybridized carbons (Fsp3) is 0. The molecule has 3 heteroatoms. The molecule has 1 amide bonds. The van der Waals surface area contributed by atoms with E-state index in [9.17, 15) is 4.79 Å². The van der Waals surface area contributed by atoms with Crippen molar-refractivity contribution in [3.8, 4) is 0 Å². The Morgan fingerprint density at radius 3 is 2.40 bits per heavy atom. The third kappa shape index (κ3) is 1.59. The predicted octanol–water partition coefficient (Wildman–Crippen LogP) is -0.179. The SMILES string of the molecule is O=C[NH+]([S-])c1ccccc1. The van der Waals surface area contributed by atoms with Crippen molar-refractivity contribution >= 4 is 24.9 Å². The van der Waals surface area contributed by atoms with Gasteiger partial charge in [-0.25, -0.2) is 4.79 Å². The zero-order valence-electron chi connectivity index (χ0n) is 5.28. The molecule has 1 unspecified atom stereocenters. The van der Waals surface area contributed by atoms with Gasteiger partial charge in [-0.2, -0.15) is 0 Å². The van der Waals surface area contributed by atoms with Gasteiger partial charge in [0.1, 0.15) is 5.69 Å². The monoisotopic (exact) mass is 153 g/mol. The summed E-state index contributed by atoms with van der Waals surface area (Å²) in [4.78, 5) is 10.2. The van der Waals surface area contributed by atoms with Crippen LogP contribution in [0, 0.1) is 0 Å². The first kappa shape index (κ1) is 7.31. The first-order valence-electron chi connectivity index (χ1n) is 2.89. The summed E-state index contributed by atoms with van der Waals surface area (Å²) in [5, 5.41) is 0. The molecule has 2 nitrogen and oxygen atoms in total.